The van der Waals surface area contributed by atoms with Crippen LogP contribution in [0.5, 0.6) is 0 Å². The van der Waals surface area contributed by atoms with Crippen LogP contribution in [0.25, 0.3) is 0 Å². The van der Waals surface area contributed by atoms with Gasteiger partial charge in [-0.1, -0.05) is 11.6 Å². The predicted molar refractivity (Wildman–Crippen MR) is 83.2 cm³/mol. The number of nitrogens with one attached hydrogen (secondary N) is 1. The van der Waals surface area contributed by atoms with Gasteiger partial charge >= 0.3 is 0 Å². The molecule has 1 nitrogen and oxygen atoms in total. The van der Waals surface area contributed by atoms with Gasteiger partial charge < -0.3 is 5.32 Å². The van der Waals surface area contributed by atoms with Gasteiger partial charge in [-0.25, -0.2) is 0 Å². The van der Waals surface area contributed by atoms with Crippen LogP contribution < -0.4 is 5.32 Å². The van der Waals surface area contributed by atoms with Crippen molar-refractivity contribution in [1.29, 1.82) is 0 Å². The van der Waals surface area contributed by atoms with Crippen molar-refractivity contribution in [3.63, 3.8) is 0 Å². The molecule has 1 aromatic carbocycles. The number of benzene rings is 1. The van der Waals surface area contributed by atoms with Crippen LogP contribution in [0.1, 0.15) is 10.4 Å². The molecule has 0 radical (unpaired) electrons. The fourth-order valence-corrected chi connectivity index (χ4v) is 3.60. The Hall–Kier alpha value is -0.0300. The van der Waals surface area contributed by atoms with Crippen molar-refractivity contribution in [3.05, 3.63) is 48.0 Å². The van der Waals surface area contributed by atoms with E-state index in [0.29, 0.717) is 0 Å². The van der Waals surface area contributed by atoms with E-state index in [4.69, 9.17) is 11.6 Å². The molecule has 1 heterocycles. The third kappa shape index (κ3) is 3.47. The van der Waals surface area contributed by atoms with Gasteiger partial charge in [-0.15, -0.1) is 11.3 Å². The summed E-state index contributed by atoms with van der Waals surface area (Å²) in [4.78, 5) is 1.28. The number of aryl methyl sites for hydroxylation is 1. The number of thiophene rings is 1. The molecular weight excluding hydrogens is 385 g/mol. The van der Waals surface area contributed by atoms with Crippen molar-refractivity contribution >= 4 is 60.5 Å². The maximum absolute atomic E-state index is 6.11. The standard InChI is InChI=1S/C12H10Br2ClNS/c1-7-4-9(13)11(5-10(7)15)16-6-8-2-3-12(14)17-8/h2-5,16H,6H2,1H3. The summed E-state index contributed by atoms with van der Waals surface area (Å²) < 4.78 is 2.19. The summed E-state index contributed by atoms with van der Waals surface area (Å²) in [5.74, 6) is 0. The van der Waals surface area contributed by atoms with E-state index in [2.05, 4.69) is 49.3 Å². The van der Waals surface area contributed by atoms with Gasteiger partial charge in [-0.2, -0.15) is 0 Å². The molecule has 0 saturated carbocycles. The van der Waals surface area contributed by atoms with Crippen molar-refractivity contribution in [2.45, 2.75) is 13.5 Å². The molecule has 5 heteroatoms. The van der Waals surface area contributed by atoms with E-state index in [0.717, 1.165) is 31.1 Å². The van der Waals surface area contributed by atoms with E-state index in [9.17, 15) is 0 Å². The van der Waals surface area contributed by atoms with Crippen molar-refractivity contribution in [2.24, 2.45) is 0 Å². The third-order valence-electron chi connectivity index (χ3n) is 2.33. The van der Waals surface area contributed by atoms with Gasteiger partial charge in [0.25, 0.3) is 0 Å². The van der Waals surface area contributed by atoms with Gasteiger partial charge in [0.05, 0.1) is 9.47 Å². The molecule has 0 fully saturated rings. The smallest absolute Gasteiger partial charge is 0.0702 e. The van der Waals surface area contributed by atoms with Crippen LogP contribution in [0.15, 0.2) is 32.5 Å². The van der Waals surface area contributed by atoms with E-state index in [1.54, 1.807) is 11.3 Å². The Morgan fingerprint density at radius 3 is 2.71 bits per heavy atom. The van der Waals surface area contributed by atoms with Crippen LogP contribution in [0, 0.1) is 6.92 Å². The Kier molecular flexibility index (Phi) is 4.53. The molecular formula is C12H10Br2ClNS. The van der Waals surface area contributed by atoms with Crippen LogP contribution in [-0.4, -0.2) is 0 Å². The molecule has 0 saturated heterocycles. The van der Waals surface area contributed by atoms with Crippen LogP contribution >= 0.6 is 54.8 Å². The largest absolute Gasteiger partial charge is 0.379 e. The molecule has 1 aromatic heterocycles. The Balaban J connectivity index is 2.11. The lowest BCUT2D eigenvalue weighted by atomic mass is 10.2. The van der Waals surface area contributed by atoms with Gasteiger partial charge in [0.2, 0.25) is 0 Å². The lowest BCUT2D eigenvalue weighted by molar-refractivity contribution is 1.19. The third-order valence-corrected chi connectivity index (χ3v) is 5.02. The number of rotatable bonds is 3. The molecule has 0 bridgehead atoms. The second-order valence-electron chi connectivity index (χ2n) is 3.64. The zero-order valence-electron chi connectivity index (χ0n) is 9.06. The van der Waals surface area contributed by atoms with E-state index in [1.165, 1.54) is 4.88 Å². The minimum atomic E-state index is 0.781. The van der Waals surface area contributed by atoms with Crippen molar-refractivity contribution in [1.82, 2.24) is 0 Å². The number of hydrogen-bond acceptors (Lipinski definition) is 2. The normalized spacial score (nSPS) is 10.6. The first-order valence-electron chi connectivity index (χ1n) is 5.00. The minimum Gasteiger partial charge on any atom is -0.379 e. The minimum absolute atomic E-state index is 0.781. The molecule has 2 aromatic rings. The quantitative estimate of drug-likeness (QED) is 0.688. The Morgan fingerprint density at radius 1 is 1.29 bits per heavy atom. The van der Waals surface area contributed by atoms with Gasteiger partial charge in [0, 0.05) is 20.9 Å². The molecule has 0 aliphatic heterocycles. The fraction of sp³-hybridized carbons (Fsp3) is 0.167. The summed E-state index contributed by atoms with van der Waals surface area (Å²) in [6.45, 7) is 2.79. The summed E-state index contributed by atoms with van der Waals surface area (Å²) in [6, 6.07) is 8.13. The molecule has 0 aliphatic carbocycles. The van der Waals surface area contributed by atoms with Crippen LogP contribution in [0.3, 0.4) is 0 Å². The second-order valence-corrected chi connectivity index (χ2v) is 7.45. The molecule has 17 heavy (non-hydrogen) atoms. The number of halogens is 3. The maximum Gasteiger partial charge on any atom is 0.0702 e. The van der Waals surface area contributed by atoms with Gasteiger partial charge in [0.1, 0.15) is 0 Å². The molecule has 0 aliphatic rings. The molecule has 1 N–H and O–H groups in total. The summed E-state index contributed by atoms with van der Waals surface area (Å²) >= 11 is 14.8. The van der Waals surface area contributed by atoms with E-state index in [1.807, 2.05) is 19.1 Å². The zero-order chi connectivity index (χ0) is 12.4. The predicted octanol–water partition coefficient (Wildman–Crippen LogP) is 5.85. The van der Waals surface area contributed by atoms with Crippen molar-refractivity contribution in [3.8, 4) is 0 Å². The monoisotopic (exact) mass is 393 g/mol. The first-order chi connectivity index (χ1) is 8.06. The van der Waals surface area contributed by atoms with Crippen molar-refractivity contribution < 1.29 is 0 Å². The second kappa shape index (κ2) is 5.74. The van der Waals surface area contributed by atoms with E-state index < -0.39 is 0 Å². The maximum atomic E-state index is 6.11. The first-order valence-corrected chi connectivity index (χ1v) is 7.78. The van der Waals surface area contributed by atoms with Crippen molar-refractivity contribution in [2.75, 3.05) is 5.32 Å². The summed E-state index contributed by atoms with van der Waals surface area (Å²) in [6.07, 6.45) is 0. The average molecular weight is 396 g/mol. The summed E-state index contributed by atoms with van der Waals surface area (Å²) in [7, 11) is 0. The molecule has 0 unspecified atom stereocenters. The van der Waals surface area contributed by atoms with Gasteiger partial charge in [0.15, 0.2) is 0 Å². The summed E-state index contributed by atoms with van der Waals surface area (Å²) in [5, 5.41) is 4.15. The van der Waals surface area contributed by atoms with E-state index in [-0.39, 0.29) is 0 Å². The zero-order valence-corrected chi connectivity index (χ0v) is 13.8. The SMILES string of the molecule is Cc1cc(Br)c(NCc2ccc(Br)s2)cc1Cl. The topological polar surface area (TPSA) is 12.0 Å². The van der Waals surface area contributed by atoms with Crippen LogP contribution in [0.2, 0.25) is 5.02 Å². The highest BCUT2D eigenvalue weighted by atomic mass is 79.9. The Morgan fingerprint density at radius 2 is 2.06 bits per heavy atom. The lowest BCUT2D eigenvalue weighted by Crippen LogP contribution is -1.98. The molecule has 0 spiro atoms. The van der Waals surface area contributed by atoms with Gasteiger partial charge in [-0.3, -0.25) is 0 Å². The van der Waals surface area contributed by atoms with E-state index >= 15 is 0 Å². The average Bonchev–Trinajstić information content (AvgIpc) is 2.68. The highest BCUT2D eigenvalue weighted by Gasteiger charge is 2.04. The van der Waals surface area contributed by atoms with Crippen LogP contribution in [0.4, 0.5) is 5.69 Å². The summed E-state index contributed by atoms with van der Waals surface area (Å²) in [5.41, 5.74) is 2.09. The molecule has 2 rings (SSSR count). The number of anilines is 1. The fourth-order valence-electron chi connectivity index (χ4n) is 1.41. The molecule has 0 atom stereocenters. The molecule has 90 valence electrons. The number of hydrogen-bond donors (Lipinski definition) is 1. The highest BCUT2D eigenvalue weighted by molar-refractivity contribution is 9.11. The molecule has 0 amide bonds. The Labute approximate surface area is 126 Å². The first kappa shape index (κ1) is 13.4. The lowest BCUT2D eigenvalue weighted by Gasteiger charge is -2.09. The highest BCUT2D eigenvalue weighted by Crippen LogP contribution is 2.30. The Bertz CT molecular complexity index is 539. The van der Waals surface area contributed by atoms with Gasteiger partial charge in [-0.05, 0) is 68.6 Å². The van der Waals surface area contributed by atoms with Crippen LogP contribution in [-0.2, 0) is 6.54 Å².